The van der Waals surface area contributed by atoms with Crippen LogP contribution in [0.1, 0.15) is 43.6 Å². The third-order valence-corrected chi connectivity index (χ3v) is 4.83. The maximum Gasteiger partial charge on any atom is 0.251 e. The van der Waals surface area contributed by atoms with Gasteiger partial charge in [-0.25, -0.2) is 0 Å². The van der Waals surface area contributed by atoms with Gasteiger partial charge in [0.2, 0.25) is 0 Å². The fourth-order valence-electron chi connectivity index (χ4n) is 2.59. The summed E-state index contributed by atoms with van der Waals surface area (Å²) in [5, 5.41) is 3.12. The van der Waals surface area contributed by atoms with Crippen molar-refractivity contribution in [3.63, 3.8) is 0 Å². The highest BCUT2D eigenvalue weighted by molar-refractivity contribution is 5.95. The van der Waals surface area contributed by atoms with Crippen molar-refractivity contribution in [3.8, 4) is 0 Å². The highest BCUT2D eigenvalue weighted by Crippen LogP contribution is 2.62. The maximum absolute atomic E-state index is 12.2. The van der Waals surface area contributed by atoms with E-state index < -0.39 is 0 Å². The van der Waals surface area contributed by atoms with E-state index in [1.54, 1.807) is 12.1 Å². The molecule has 0 spiro atoms. The molecule has 0 bridgehead atoms. The van der Waals surface area contributed by atoms with Crippen molar-refractivity contribution in [2.45, 2.75) is 40.7 Å². The lowest BCUT2D eigenvalue weighted by atomic mass is 10.0. The van der Waals surface area contributed by atoms with Crippen molar-refractivity contribution in [1.82, 2.24) is 5.32 Å². The molecule has 3 nitrogen and oxygen atoms in total. The van der Waals surface area contributed by atoms with E-state index in [0.717, 1.165) is 11.3 Å². The van der Waals surface area contributed by atoms with E-state index in [4.69, 9.17) is 5.73 Å². The van der Waals surface area contributed by atoms with Crippen molar-refractivity contribution in [3.05, 3.63) is 29.3 Å². The van der Waals surface area contributed by atoms with Gasteiger partial charge in [0.1, 0.15) is 0 Å². The first-order valence-corrected chi connectivity index (χ1v) is 6.35. The number of carbonyl (C=O) groups excluding carboxylic acids is 1. The van der Waals surface area contributed by atoms with Crippen molar-refractivity contribution in [1.29, 1.82) is 0 Å². The van der Waals surface area contributed by atoms with Crippen molar-refractivity contribution in [2.75, 3.05) is 5.73 Å². The Hall–Kier alpha value is -1.51. The summed E-state index contributed by atoms with van der Waals surface area (Å²) in [6.45, 7) is 10.7. The average molecular weight is 246 g/mol. The lowest BCUT2D eigenvalue weighted by molar-refractivity contribution is 0.0943. The monoisotopic (exact) mass is 246 g/mol. The van der Waals surface area contributed by atoms with Gasteiger partial charge in [-0.2, -0.15) is 0 Å². The van der Waals surface area contributed by atoms with E-state index >= 15 is 0 Å². The third-order valence-electron chi connectivity index (χ3n) is 4.83. The molecule has 18 heavy (non-hydrogen) atoms. The smallest absolute Gasteiger partial charge is 0.251 e. The normalized spacial score (nSPS) is 20.5. The molecule has 0 saturated heterocycles. The number of nitrogen functional groups attached to an aromatic ring is 1. The number of nitrogens with one attached hydrogen (secondary N) is 1. The van der Waals surface area contributed by atoms with Gasteiger partial charge in [0, 0.05) is 17.3 Å². The Morgan fingerprint density at radius 1 is 1.22 bits per heavy atom. The van der Waals surface area contributed by atoms with Gasteiger partial charge in [-0.15, -0.1) is 0 Å². The van der Waals surface area contributed by atoms with Crippen molar-refractivity contribution in [2.24, 2.45) is 10.8 Å². The Balaban J connectivity index is 2.12. The van der Waals surface area contributed by atoms with Crippen LogP contribution in [0.3, 0.4) is 0 Å². The average Bonchev–Trinajstić information content (AvgIpc) is 2.65. The van der Waals surface area contributed by atoms with Crippen LogP contribution in [0.15, 0.2) is 18.2 Å². The summed E-state index contributed by atoms with van der Waals surface area (Å²) in [4.78, 5) is 12.2. The molecule has 1 aromatic rings. The molecule has 0 unspecified atom stereocenters. The molecular formula is C15H22N2O. The summed E-state index contributed by atoms with van der Waals surface area (Å²) >= 11 is 0. The lowest BCUT2D eigenvalue weighted by Gasteiger charge is -2.08. The molecule has 1 aliphatic carbocycles. The van der Waals surface area contributed by atoms with Gasteiger partial charge in [-0.3, -0.25) is 4.79 Å². The topological polar surface area (TPSA) is 55.1 Å². The Bertz CT molecular complexity index is 489. The van der Waals surface area contributed by atoms with Crippen LogP contribution in [0.5, 0.6) is 0 Å². The van der Waals surface area contributed by atoms with Gasteiger partial charge in [0.25, 0.3) is 5.91 Å². The maximum atomic E-state index is 12.2. The van der Waals surface area contributed by atoms with E-state index in [1.807, 2.05) is 13.0 Å². The van der Waals surface area contributed by atoms with Gasteiger partial charge in [0.05, 0.1) is 0 Å². The molecule has 3 N–H and O–H groups in total. The highest BCUT2D eigenvalue weighted by atomic mass is 16.1. The van der Waals surface area contributed by atoms with E-state index in [1.165, 1.54) is 0 Å². The summed E-state index contributed by atoms with van der Waals surface area (Å²) in [7, 11) is 0. The lowest BCUT2D eigenvalue weighted by Crippen LogP contribution is -2.29. The van der Waals surface area contributed by atoms with Crippen LogP contribution < -0.4 is 11.1 Å². The zero-order valence-corrected chi connectivity index (χ0v) is 11.8. The van der Waals surface area contributed by atoms with Crippen LogP contribution in [0.2, 0.25) is 0 Å². The van der Waals surface area contributed by atoms with Gasteiger partial charge in [-0.1, -0.05) is 27.7 Å². The summed E-state index contributed by atoms with van der Waals surface area (Å²) in [6.07, 6.45) is 0. The van der Waals surface area contributed by atoms with Gasteiger partial charge in [0.15, 0.2) is 0 Å². The summed E-state index contributed by atoms with van der Waals surface area (Å²) in [5.41, 5.74) is 8.42. The molecular weight excluding hydrogens is 224 g/mol. The SMILES string of the molecule is Cc1cc(C(=O)NC2C(C)(C)C2(C)C)ccc1N. The fraction of sp³-hybridized carbons (Fsp3) is 0.533. The minimum atomic E-state index is -0.0123. The van der Waals surface area contributed by atoms with Crippen molar-refractivity contribution >= 4 is 11.6 Å². The molecule has 0 aromatic heterocycles. The zero-order chi connectivity index (χ0) is 13.7. The van der Waals surface area contributed by atoms with Crippen LogP contribution in [0.25, 0.3) is 0 Å². The van der Waals surface area contributed by atoms with E-state index in [9.17, 15) is 4.79 Å². The first-order chi connectivity index (χ1) is 8.18. The van der Waals surface area contributed by atoms with Crippen LogP contribution >= 0.6 is 0 Å². The predicted molar refractivity (Wildman–Crippen MR) is 74.4 cm³/mol. The Morgan fingerprint density at radius 2 is 1.78 bits per heavy atom. The van der Waals surface area contributed by atoms with Gasteiger partial charge < -0.3 is 11.1 Å². The summed E-state index contributed by atoms with van der Waals surface area (Å²) in [6, 6.07) is 5.64. The largest absolute Gasteiger partial charge is 0.399 e. The molecule has 0 atom stereocenters. The molecule has 1 aliphatic rings. The Kier molecular flexibility index (Phi) is 2.69. The number of aryl methyl sites for hydroxylation is 1. The molecule has 1 saturated carbocycles. The van der Waals surface area contributed by atoms with E-state index in [0.29, 0.717) is 5.56 Å². The molecule has 2 rings (SSSR count). The molecule has 0 radical (unpaired) electrons. The molecule has 3 heteroatoms. The van der Waals surface area contributed by atoms with Crippen LogP contribution in [-0.4, -0.2) is 11.9 Å². The summed E-state index contributed by atoms with van der Waals surface area (Å²) < 4.78 is 0. The zero-order valence-electron chi connectivity index (χ0n) is 11.8. The quantitative estimate of drug-likeness (QED) is 0.788. The molecule has 1 aromatic carbocycles. The second-order valence-electron chi connectivity index (χ2n) is 6.42. The van der Waals surface area contributed by atoms with Gasteiger partial charge in [-0.05, 0) is 41.5 Å². The minimum Gasteiger partial charge on any atom is -0.399 e. The molecule has 1 amide bonds. The second-order valence-corrected chi connectivity index (χ2v) is 6.42. The number of benzene rings is 1. The van der Waals surface area contributed by atoms with E-state index in [-0.39, 0.29) is 22.8 Å². The second kappa shape index (κ2) is 3.74. The van der Waals surface area contributed by atoms with Gasteiger partial charge >= 0.3 is 0 Å². The molecule has 1 fully saturated rings. The Labute approximate surface area is 109 Å². The molecule has 98 valence electrons. The number of rotatable bonds is 2. The first-order valence-electron chi connectivity index (χ1n) is 6.35. The number of carbonyl (C=O) groups is 1. The number of hydrogen-bond acceptors (Lipinski definition) is 2. The van der Waals surface area contributed by atoms with Crippen LogP contribution in [0.4, 0.5) is 5.69 Å². The number of amides is 1. The van der Waals surface area contributed by atoms with E-state index in [2.05, 4.69) is 33.0 Å². The molecule has 0 aliphatic heterocycles. The highest BCUT2D eigenvalue weighted by Gasteiger charge is 2.65. The van der Waals surface area contributed by atoms with Crippen LogP contribution in [0, 0.1) is 17.8 Å². The minimum absolute atomic E-state index is 0.0123. The predicted octanol–water partition coefficient (Wildman–Crippen LogP) is 2.74. The third kappa shape index (κ3) is 1.78. The van der Waals surface area contributed by atoms with Crippen molar-refractivity contribution < 1.29 is 4.79 Å². The fourth-order valence-corrected chi connectivity index (χ4v) is 2.59. The first kappa shape index (κ1) is 12.9. The molecule has 0 heterocycles. The number of hydrogen-bond donors (Lipinski definition) is 2. The standard InChI is InChI=1S/C15H22N2O/c1-9-8-10(6-7-11(9)16)12(18)17-13-14(2,3)15(13,4)5/h6-8,13H,16H2,1-5H3,(H,17,18). The number of nitrogens with two attached hydrogens (primary N) is 1. The number of anilines is 1. The summed E-state index contributed by atoms with van der Waals surface area (Å²) in [5.74, 6) is -0.0123. The Morgan fingerprint density at radius 3 is 2.22 bits per heavy atom. The van der Waals surface area contributed by atoms with Crippen LogP contribution in [-0.2, 0) is 0 Å².